The maximum absolute atomic E-state index is 8.18. The molecule has 0 aliphatic heterocycles. The van der Waals surface area contributed by atoms with Crippen LogP contribution in [0, 0.1) is 27.7 Å². The minimum atomic E-state index is 0.524. The SMILES string of the molecule is Cc1cc(C)c(C)c(C=CCCN=[N+]=[N-])c1C. The molecule has 0 spiro atoms. The average Bonchev–Trinajstić information content (AvgIpc) is 2.30. The molecule has 3 nitrogen and oxygen atoms in total. The highest BCUT2D eigenvalue weighted by atomic mass is 15.1. The monoisotopic (exact) mass is 229 g/mol. The Bertz CT molecular complexity index is 454. The lowest BCUT2D eigenvalue weighted by molar-refractivity contribution is 0.995. The molecule has 90 valence electrons. The summed E-state index contributed by atoms with van der Waals surface area (Å²) in [7, 11) is 0. The van der Waals surface area contributed by atoms with Gasteiger partial charge in [0.25, 0.3) is 0 Å². The first-order chi connectivity index (χ1) is 8.07. The Hall–Kier alpha value is -1.73. The number of rotatable bonds is 4. The van der Waals surface area contributed by atoms with E-state index in [-0.39, 0.29) is 0 Å². The van der Waals surface area contributed by atoms with E-state index in [0.717, 1.165) is 6.42 Å². The number of nitrogens with zero attached hydrogens (tertiary/aromatic N) is 3. The lowest BCUT2D eigenvalue weighted by Gasteiger charge is -2.12. The topological polar surface area (TPSA) is 48.8 Å². The molecule has 0 aliphatic rings. The van der Waals surface area contributed by atoms with E-state index in [1.807, 2.05) is 0 Å². The molecule has 1 aromatic rings. The van der Waals surface area contributed by atoms with Gasteiger partial charge in [-0.25, -0.2) is 0 Å². The van der Waals surface area contributed by atoms with E-state index in [9.17, 15) is 0 Å². The van der Waals surface area contributed by atoms with Crippen molar-refractivity contribution in [2.75, 3.05) is 6.54 Å². The maximum Gasteiger partial charge on any atom is 0.0292 e. The molecule has 1 aromatic carbocycles. The van der Waals surface area contributed by atoms with Gasteiger partial charge in [-0.1, -0.05) is 23.3 Å². The van der Waals surface area contributed by atoms with Crippen LogP contribution in [0.2, 0.25) is 0 Å². The highest BCUT2D eigenvalue weighted by Crippen LogP contribution is 2.22. The van der Waals surface area contributed by atoms with E-state index >= 15 is 0 Å². The second kappa shape index (κ2) is 6.12. The third kappa shape index (κ3) is 3.36. The predicted octanol–water partition coefficient (Wildman–Crippen LogP) is 4.63. The molecule has 0 saturated heterocycles. The van der Waals surface area contributed by atoms with E-state index in [1.165, 1.54) is 27.8 Å². The summed E-state index contributed by atoms with van der Waals surface area (Å²) < 4.78 is 0. The van der Waals surface area contributed by atoms with Gasteiger partial charge in [0, 0.05) is 11.5 Å². The zero-order chi connectivity index (χ0) is 12.8. The van der Waals surface area contributed by atoms with Crippen molar-refractivity contribution in [2.45, 2.75) is 34.1 Å². The Morgan fingerprint density at radius 2 is 1.76 bits per heavy atom. The van der Waals surface area contributed by atoms with Crippen LogP contribution in [0.5, 0.6) is 0 Å². The molecule has 0 aromatic heterocycles. The van der Waals surface area contributed by atoms with Crippen LogP contribution in [-0.2, 0) is 0 Å². The van der Waals surface area contributed by atoms with Crippen LogP contribution in [0.4, 0.5) is 0 Å². The van der Waals surface area contributed by atoms with Gasteiger partial charge in [0.05, 0.1) is 0 Å². The van der Waals surface area contributed by atoms with Crippen LogP contribution in [0.25, 0.3) is 16.5 Å². The molecule has 0 saturated carbocycles. The minimum absolute atomic E-state index is 0.524. The van der Waals surface area contributed by atoms with Crippen molar-refractivity contribution < 1.29 is 0 Å². The zero-order valence-electron chi connectivity index (χ0n) is 11.0. The van der Waals surface area contributed by atoms with Crippen molar-refractivity contribution in [2.24, 2.45) is 5.11 Å². The fourth-order valence-electron chi connectivity index (χ4n) is 1.88. The van der Waals surface area contributed by atoms with Crippen LogP contribution in [0.1, 0.15) is 34.2 Å². The van der Waals surface area contributed by atoms with Crippen molar-refractivity contribution in [3.63, 3.8) is 0 Å². The van der Waals surface area contributed by atoms with Gasteiger partial charge in [-0.3, -0.25) is 0 Å². The van der Waals surface area contributed by atoms with E-state index in [2.05, 4.69) is 55.9 Å². The van der Waals surface area contributed by atoms with Crippen LogP contribution in [-0.4, -0.2) is 6.54 Å². The fraction of sp³-hybridized carbons (Fsp3) is 0.429. The van der Waals surface area contributed by atoms with Crippen LogP contribution < -0.4 is 0 Å². The lowest BCUT2D eigenvalue weighted by Crippen LogP contribution is -1.94. The first-order valence-corrected chi connectivity index (χ1v) is 5.82. The quantitative estimate of drug-likeness (QED) is 0.313. The number of hydrogen-bond donors (Lipinski definition) is 0. The van der Waals surface area contributed by atoms with Gasteiger partial charge in [0.2, 0.25) is 0 Å². The van der Waals surface area contributed by atoms with Crippen molar-refractivity contribution in [3.8, 4) is 0 Å². The maximum atomic E-state index is 8.18. The second-order valence-electron chi connectivity index (χ2n) is 4.32. The smallest absolute Gasteiger partial charge is 0.0292 e. The number of benzene rings is 1. The largest absolute Gasteiger partial charge is 0.0937 e. The summed E-state index contributed by atoms with van der Waals surface area (Å²) in [5, 5.41) is 3.51. The molecule has 0 aliphatic carbocycles. The summed E-state index contributed by atoms with van der Waals surface area (Å²) in [5.74, 6) is 0. The molecule has 17 heavy (non-hydrogen) atoms. The van der Waals surface area contributed by atoms with Crippen LogP contribution in [0.15, 0.2) is 17.3 Å². The zero-order valence-corrected chi connectivity index (χ0v) is 11.0. The Balaban J connectivity index is 2.93. The molecule has 0 N–H and O–H groups in total. The molecular weight excluding hydrogens is 210 g/mol. The van der Waals surface area contributed by atoms with Crippen molar-refractivity contribution in [3.05, 3.63) is 50.4 Å². The Kier molecular flexibility index (Phi) is 4.80. The summed E-state index contributed by atoms with van der Waals surface area (Å²) in [5.41, 5.74) is 14.8. The molecule has 1 rings (SSSR count). The van der Waals surface area contributed by atoms with Crippen molar-refractivity contribution in [1.82, 2.24) is 0 Å². The van der Waals surface area contributed by atoms with Gasteiger partial charge in [-0.05, 0) is 67.5 Å². The summed E-state index contributed by atoms with van der Waals surface area (Å²) in [6.07, 6.45) is 5.00. The van der Waals surface area contributed by atoms with Gasteiger partial charge in [-0.2, -0.15) is 0 Å². The molecule has 0 fully saturated rings. The van der Waals surface area contributed by atoms with Gasteiger partial charge < -0.3 is 0 Å². The summed E-state index contributed by atoms with van der Waals surface area (Å²) in [6, 6.07) is 2.22. The fourth-order valence-corrected chi connectivity index (χ4v) is 1.88. The number of aryl methyl sites for hydroxylation is 2. The van der Waals surface area contributed by atoms with Gasteiger partial charge in [-0.15, -0.1) is 0 Å². The lowest BCUT2D eigenvalue weighted by atomic mass is 9.94. The summed E-state index contributed by atoms with van der Waals surface area (Å²) >= 11 is 0. The van der Waals surface area contributed by atoms with Crippen LogP contribution >= 0.6 is 0 Å². The molecule has 0 amide bonds. The van der Waals surface area contributed by atoms with Crippen molar-refractivity contribution >= 4 is 6.08 Å². The molecule has 0 bridgehead atoms. The molecule has 0 radical (unpaired) electrons. The van der Waals surface area contributed by atoms with E-state index in [1.54, 1.807) is 0 Å². The molecular formula is C14H19N3. The Morgan fingerprint density at radius 3 is 2.29 bits per heavy atom. The van der Waals surface area contributed by atoms with Crippen LogP contribution in [0.3, 0.4) is 0 Å². The van der Waals surface area contributed by atoms with Gasteiger partial charge in [0.1, 0.15) is 0 Å². The Morgan fingerprint density at radius 1 is 1.18 bits per heavy atom. The second-order valence-corrected chi connectivity index (χ2v) is 4.32. The third-order valence-corrected chi connectivity index (χ3v) is 3.17. The molecule has 0 unspecified atom stereocenters. The first kappa shape index (κ1) is 13.3. The predicted molar refractivity (Wildman–Crippen MR) is 73.1 cm³/mol. The summed E-state index contributed by atoms with van der Waals surface area (Å²) in [6.45, 7) is 9.10. The Labute approximate surface area is 103 Å². The minimum Gasteiger partial charge on any atom is -0.0937 e. The molecule has 0 atom stereocenters. The third-order valence-electron chi connectivity index (χ3n) is 3.17. The number of azide groups is 1. The normalized spacial score (nSPS) is 10.6. The first-order valence-electron chi connectivity index (χ1n) is 5.82. The molecule has 0 heterocycles. The van der Waals surface area contributed by atoms with Gasteiger partial charge in [0.15, 0.2) is 0 Å². The summed E-state index contributed by atoms with van der Waals surface area (Å²) in [4.78, 5) is 2.73. The van der Waals surface area contributed by atoms with Crippen molar-refractivity contribution in [1.29, 1.82) is 0 Å². The highest BCUT2D eigenvalue weighted by Gasteiger charge is 2.04. The highest BCUT2D eigenvalue weighted by molar-refractivity contribution is 5.61. The number of hydrogen-bond acceptors (Lipinski definition) is 1. The van der Waals surface area contributed by atoms with Gasteiger partial charge >= 0.3 is 0 Å². The van der Waals surface area contributed by atoms with E-state index < -0.39 is 0 Å². The van der Waals surface area contributed by atoms with E-state index in [4.69, 9.17) is 5.53 Å². The average molecular weight is 229 g/mol. The standard InChI is InChI=1S/C14H19N3/c1-10-9-11(2)13(4)14(12(10)3)7-5-6-8-16-17-15/h5,7,9H,6,8H2,1-4H3. The van der Waals surface area contributed by atoms with E-state index in [0.29, 0.717) is 6.54 Å². The molecule has 3 heteroatoms.